The minimum absolute atomic E-state index is 0.128. The van der Waals surface area contributed by atoms with Crippen LogP contribution in [0.15, 0.2) is 18.2 Å². The molecule has 2 N–H and O–H groups in total. The number of benzene rings is 1. The molecule has 0 aromatic heterocycles. The maximum Gasteiger partial charge on any atom is 0.0453 e. The molecule has 3 heteroatoms. The van der Waals surface area contributed by atoms with Crippen LogP contribution in [0.3, 0.4) is 0 Å². The second-order valence-electron chi connectivity index (χ2n) is 2.92. The molecule has 1 nitrogen and oxygen atoms in total. The Bertz CT molecular complexity index is 271. The molecule has 0 radical (unpaired) electrons. The van der Waals surface area contributed by atoms with E-state index >= 15 is 0 Å². The van der Waals surface area contributed by atoms with Crippen LogP contribution in [0.25, 0.3) is 0 Å². The molecular formula is C9H11Cl2N. The van der Waals surface area contributed by atoms with Crippen molar-refractivity contribution in [1.29, 1.82) is 0 Å². The Kier molecular flexibility index (Phi) is 3.39. The third-order valence-corrected chi connectivity index (χ3v) is 2.14. The minimum Gasteiger partial charge on any atom is -0.328 e. The van der Waals surface area contributed by atoms with Gasteiger partial charge in [0.05, 0.1) is 0 Å². The number of halogens is 2. The zero-order valence-corrected chi connectivity index (χ0v) is 8.36. The van der Waals surface area contributed by atoms with Gasteiger partial charge in [-0.15, -0.1) is 0 Å². The van der Waals surface area contributed by atoms with Crippen LogP contribution >= 0.6 is 23.2 Å². The first kappa shape index (κ1) is 9.85. The average molecular weight is 204 g/mol. The fraction of sp³-hybridized carbons (Fsp3) is 0.333. The predicted molar refractivity (Wildman–Crippen MR) is 53.8 cm³/mol. The highest BCUT2D eigenvalue weighted by atomic mass is 35.5. The van der Waals surface area contributed by atoms with Gasteiger partial charge in [-0.2, -0.15) is 0 Å². The van der Waals surface area contributed by atoms with Crippen LogP contribution in [-0.4, -0.2) is 6.04 Å². The van der Waals surface area contributed by atoms with Gasteiger partial charge in [-0.05, 0) is 31.0 Å². The van der Waals surface area contributed by atoms with Gasteiger partial charge >= 0.3 is 0 Å². The number of hydrogen-bond donors (Lipinski definition) is 1. The molecule has 1 aromatic carbocycles. The van der Waals surface area contributed by atoms with Crippen molar-refractivity contribution in [2.45, 2.75) is 19.4 Å². The lowest BCUT2D eigenvalue weighted by Gasteiger charge is -2.06. The van der Waals surface area contributed by atoms with Gasteiger partial charge in [-0.25, -0.2) is 0 Å². The lowest BCUT2D eigenvalue weighted by Crippen LogP contribution is -2.17. The molecule has 0 aliphatic rings. The fourth-order valence-corrected chi connectivity index (χ4v) is 1.52. The van der Waals surface area contributed by atoms with Gasteiger partial charge in [0.25, 0.3) is 0 Å². The molecule has 0 bridgehead atoms. The molecule has 0 heterocycles. The van der Waals surface area contributed by atoms with Crippen molar-refractivity contribution < 1.29 is 0 Å². The van der Waals surface area contributed by atoms with E-state index in [0.717, 1.165) is 12.0 Å². The summed E-state index contributed by atoms with van der Waals surface area (Å²) >= 11 is 11.7. The van der Waals surface area contributed by atoms with E-state index in [-0.39, 0.29) is 6.04 Å². The highest BCUT2D eigenvalue weighted by Crippen LogP contribution is 2.21. The van der Waals surface area contributed by atoms with Crippen molar-refractivity contribution in [2.75, 3.05) is 0 Å². The summed E-state index contributed by atoms with van der Waals surface area (Å²) in [6.45, 7) is 1.95. The summed E-state index contributed by atoms with van der Waals surface area (Å²) in [6, 6.07) is 5.60. The quantitative estimate of drug-likeness (QED) is 0.787. The summed E-state index contributed by atoms with van der Waals surface area (Å²) in [5, 5.41) is 1.35. The van der Waals surface area contributed by atoms with Crippen molar-refractivity contribution in [2.24, 2.45) is 5.73 Å². The molecule has 0 aliphatic carbocycles. The van der Waals surface area contributed by atoms with E-state index < -0.39 is 0 Å². The topological polar surface area (TPSA) is 26.0 Å². The summed E-state index contributed by atoms with van der Waals surface area (Å²) in [5.74, 6) is 0. The Hall–Kier alpha value is -0.240. The molecule has 12 heavy (non-hydrogen) atoms. The second kappa shape index (κ2) is 4.13. The van der Waals surface area contributed by atoms with E-state index in [1.165, 1.54) is 0 Å². The standard InChI is InChI=1S/C9H11Cl2N/c1-6(12)4-7-2-3-8(10)5-9(7)11/h2-3,5-6H,4,12H2,1H3/t6-/m0/s1. The van der Waals surface area contributed by atoms with Crippen molar-refractivity contribution in [1.82, 2.24) is 0 Å². The molecule has 1 rings (SSSR count). The van der Waals surface area contributed by atoms with Crippen LogP contribution in [0.1, 0.15) is 12.5 Å². The molecule has 0 aliphatic heterocycles. The zero-order chi connectivity index (χ0) is 9.14. The summed E-state index contributed by atoms with van der Waals surface area (Å²) in [7, 11) is 0. The van der Waals surface area contributed by atoms with Crippen LogP contribution in [-0.2, 0) is 6.42 Å². The van der Waals surface area contributed by atoms with Gasteiger partial charge in [0.2, 0.25) is 0 Å². The summed E-state index contributed by atoms with van der Waals surface area (Å²) in [6.07, 6.45) is 0.788. The van der Waals surface area contributed by atoms with E-state index in [1.54, 1.807) is 6.07 Å². The van der Waals surface area contributed by atoms with Crippen molar-refractivity contribution in [3.63, 3.8) is 0 Å². The molecule has 1 aromatic rings. The van der Waals surface area contributed by atoms with Gasteiger partial charge in [0.1, 0.15) is 0 Å². The molecule has 0 spiro atoms. The first-order valence-corrected chi connectivity index (χ1v) is 4.54. The Morgan fingerprint density at radius 2 is 2.08 bits per heavy atom. The Labute approximate surface area is 82.5 Å². The van der Waals surface area contributed by atoms with E-state index in [9.17, 15) is 0 Å². The Morgan fingerprint density at radius 3 is 2.58 bits per heavy atom. The molecule has 0 unspecified atom stereocenters. The van der Waals surface area contributed by atoms with Crippen LogP contribution in [0.4, 0.5) is 0 Å². The van der Waals surface area contributed by atoms with E-state index in [4.69, 9.17) is 28.9 Å². The summed E-state index contributed by atoms with van der Waals surface area (Å²) in [5.41, 5.74) is 6.69. The van der Waals surface area contributed by atoms with Gasteiger partial charge in [-0.1, -0.05) is 29.3 Å². The smallest absolute Gasteiger partial charge is 0.0453 e. The first-order valence-electron chi connectivity index (χ1n) is 3.79. The van der Waals surface area contributed by atoms with Crippen molar-refractivity contribution >= 4 is 23.2 Å². The largest absolute Gasteiger partial charge is 0.328 e. The molecule has 0 saturated carbocycles. The predicted octanol–water partition coefficient (Wildman–Crippen LogP) is 2.88. The van der Waals surface area contributed by atoms with E-state index in [0.29, 0.717) is 10.0 Å². The highest BCUT2D eigenvalue weighted by molar-refractivity contribution is 6.35. The molecule has 1 atom stereocenters. The van der Waals surface area contributed by atoms with E-state index in [1.807, 2.05) is 19.1 Å². The lowest BCUT2D eigenvalue weighted by atomic mass is 10.1. The third kappa shape index (κ3) is 2.67. The molecule has 0 saturated heterocycles. The van der Waals surface area contributed by atoms with Crippen molar-refractivity contribution in [3.05, 3.63) is 33.8 Å². The third-order valence-electron chi connectivity index (χ3n) is 1.56. The normalized spacial score (nSPS) is 13.0. The summed E-state index contributed by atoms with van der Waals surface area (Å²) in [4.78, 5) is 0. The van der Waals surface area contributed by atoms with Crippen LogP contribution in [0.5, 0.6) is 0 Å². The van der Waals surface area contributed by atoms with E-state index in [2.05, 4.69) is 0 Å². The average Bonchev–Trinajstić information content (AvgIpc) is 1.94. The van der Waals surface area contributed by atoms with Crippen LogP contribution < -0.4 is 5.73 Å². The maximum absolute atomic E-state index is 5.93. The van der Waals surface area contributed by atoms with Gasteiger partial charge < -0.3 is 5.73 Å². The van der Waals surface area contributed by atoms with Crippen LogP contribution in [0, 0.1) is 0 Å². The monoisotopic (exact) mass is 203 g/mol. The number of hydrogen-bond acceptors (Lipinski definition) is 1. The van der Waals surface area contributed by atoms with Gasteiger partial charge in [-0.3, -0.25) is 0 Å². The van der Waals surface area contributed by atoms with Crippen LogP contribution in [0.2, 0.25) is 10.0 Å². The molecule has 0 amide bonds. The number of rotatable bonds is 2. The van der Waals surface area contributed by atoms with Crippen molar-refractivity contribution in [3.8, 4) is 0 Å². The Balaban J connectivity index is 2.86. The highest BCUT2D eigenvalue weighted by Gasteiger charge is 2.03. The zero-order valence-electron chi connectivity index (χ0n) is 6.85. The fourth-order valence-electron chi connectivity index (χ4n) is 1.03. The SMILES string of the molecule is C[C@H](N)Cc1ccc(Cl)cc1Cl. The second-order valence-corrected chi connectivity index (χ2v) is 3.76. The number of nitrogens with two attached hydrogens (primary N) is 1. The van der Waals surface area contributed by atoms with Gasteiger partial charge in [0.15, 0.2) is 0 Å². The van der Waals surface area contributed by atoms with Gasteiger partial charge in [0, 0.05) is 16.1 Å². The maximum atomic E-state index is 5.93. The molecular weight excluding hydrogens is 193 g/mol. The minimum atomic E-state index is 0.128. The lowest BCUT2D eigenvalue weighted by molar-refractivity contribution is 0.738. The Morgan fingerprint density at radius 1 is 1.42 bits per heavy atom. The first-order chi connectivity index (χ1) is 5.59. The summed E-state index contributed by atoms with van der Waals surface area (Å²) < 4.78 is 0. The molecule has 0 fully saturated rings. The molecule has 66 valence electrons.